The molecule has 0 aromatic heterocycles. The largest absolute Gasteiger partial charge is 0.452 e. The summed E-state index contributed by atoms with van der Waals surface area (Å²) < 4.78 is 25.5. The van der Waals surface area contributed by atoms with Gasteiger partial charge in [-0.05, 0) is 43.2 Å². The molecule has 1 unspecified atom stereocenters. The molecule has 0 bridgehead atoms. The lowest BCUT2D eigenvalue weighted by molar-refractivity contribution is -0.135. The molecule has 0 N–H and O–H groups in total. The van der Waals surface area contributed by atoms with Crippen LogP contribution in [-0.4, -0.2) is 11.8 Å². The lowest BCUT2D eigenvalue weighted by Gasteiger charge is -2.26. The minimum Gasteiger partial charge on any atom is -0.452 e. The van der Waals surface area contributed by atoms with Crippen LogP contribution in [0.5, 0.6) is 11.5 Å². The van der Waals surface area contributed by atoms with Crippen molar-refractivity contribution in [3.05, 3.63) is 70.2 Å². The Morgan fingerprint density at radius 1 is 1.08 bits per heavy atom. The zero-order chi connectivity index (χ0) is 17.7. The van der Waals surface area contributed by atoms with Gasteiger partial charge in [-0.2, -0.15) is 0 Å². The molecular formula is C20H15FO4. The fourth-order valence-corrected chi connectivity index (χ4v) is 3.35. The van der Waals surface area contributed by atoms with E-state index < -0.39 is 17.7 Å². The van der Waals surface area contributed by atoms with E-state index in [2.05, 4.69) is 0 Å². The number of carbonyl (C=O) groups is 2. The van der Waals surface area contributed by atoms with Gasteiger partial charge in [0.05, 0.1) is 12.0 Å². The van der Waals surface area contributed by atoms with Crippen LogP contribution in [0.25, 0.3) is 0 Å². The van der Waals surface area contributed by atoms with Gasteiger partial charge in [0, 0.05) is 11.5 Å². The fraction of sp³-hybridized carbons (Fsp3) is 0.200. The Hall–Kier alpha value is -2.95. The van der Waals surface area contributed by atoms with E-state index in [1.165, 1.54) is 6.07 Å². The van der Waals surface area contributed by atoms with Gasteiger partial charge >= 0.3 is 5.97 Å². The molecule has 2 aliphatic rings. The maximum absolute atomic E-state index is 14.4. The first kappa shape index (κ1) is 15.6. The van der Waals surface area contributed by atoms with E-state index in [0.717, 1.165) is 5.57 Å². The molecule has 0 radical (unpaired) electrons. The summed E-state index contributed by atoms with van der Waals surface area (Å²) in [5.41, 5.74) is 2.10. The number of hydrogen-bond donors (Lipinski definition) is 0. The smallest absolute Gasteiger partial charge is 0.312 e. The molecule has 25 heavy (non-hydrogen) atoms. The fourth-order valence-electron chi connectivity index (χ4n) is 3.35. The van der Waals surface area contributed by atoms with Crippen LogP contribution in [0.3, 0.4) is 0 Å². The zero-order valence-electron chi connectivity index (χ0n) is 13.8. The van der Waals surface area contributed by atoms with Crippen molar-refractivity contribution >= 4 is 11.8 Å². The van der Waals surface area contributed by atoms with Gasteiger partial charge in [0.25, 0.3) is 0 Å². The molecule has 1 atom stereocenters. The molecule has 4 rings (SSSR count). The Kier molecular flexibility index (Phi) is 3.46. The van der Waals surface area contributed by atoms with E-state index in [1.54, 1.807) is 44.2 Å². The van der Waals surface area contributed by atoms with Gasteiger partial charge in [0.1, 0.15) is 17.3 Å². The highest BCUT2D eigenvalue weighted by atomic mass is 19.1. The molecule has 0 amide bonds. The van der Waals surface area contributed by atoms with Crippen LogP contribution in [-0.2, 0) is 4.79 Å². The van der Waals surface area contributed by atoms with Gasteiger partial charge in [-0.1, -0.05) is 18.2 Å². The first-order chi connectivity index (χ1) is 12.0. The second-order valence-electron chi connectivity index (χ2n) is 6.37. The second kappa shape index (κ2) is 5.55. The standard InChI is InChI=1S/C20H15FO4/c1-10(2)19-18(23)12-7-8-15-17(20(12)25-19)13(9-16(22)24-15)11-5-3-4-6-14(11)21/h3-8,13H,9H2,1-2H3. The van der Waals surface area contributed by atoms with Crippen molar-refractivity contribution in [3.8, 4) is 11.5 Å². The van der Waals surface area contributed by atoms with Crippen molar-refractivity contribution in [2.75, 3.05) is 0 Å². The SMILES string of the molecule is CC(C)=C1Oc2c(ccc3c2C(c2ccccc2F)CC(=O)O3)C1=O. The van der Waals surface area contributed by atoms with Crippen LogP contribution < -0.4 is 9.47 Å². The molecule has 2 aliphatic heterocycles. The number of ether oxygens (including phenoxy) is 2. The summed E-state index contributed by atoms with van der Waals surface area (Å²) in [6, 6.07) is 9.47. The Bertz CT molecular complexity index is 954. The first-order valence-corrected chi connectivity index (χ1v) is 7.99. The molecule has 0 saturated heterocycles. The Morgan fingerprint density at radius 2 is 1.84 bits per heavy atom. The van der Waals surface area contributed by atoms with Crippen molar-refractivity contribution < 1.29 is 23.5 Å². The third-order valence-electron chi connectivity index (χ3n) is 4.49. The lowest BCUT2D eigenvalue weighted by atomic mass is 9.84. The number of hydrogen-bond acceptors (Lipinski definition) is 4. The molecule has 0 fully saturated rings. The molecule has 0 aliphatic carbocycles. The number of benzene rings is 2. The van der Waals surface area contributed by atoms with Crippen molar-refractivity contribution in [2.45, 2.75) is 26.2 Å². The Balaban J connectivity index is 1.95. The molecule has 4 nitrogen and oxygen atoms in total. The Labute approximate surface area is 143 Å². The van der Waals surface area contributed by atoms with E-state index in [9.17, 15) is 14.0 Å². The van der Waals surface area contributed by atoms with Crippen LogP contribution >= 0.6 is 0 Å². The average Bonchev–Trinajstić information content (AvgIpc) is 2.91. The third-order valence-corrected chi connectivity index (χ3v) is 4.49. The normalized spacial score (nSPS) is 18.4. The molecule has 2 aromatic carbocycles. The van der Waals surface area contributed by atoms with E-state index in [-0.39, 0.29) is 18.0 Å². The summed E-state index contributed by atoms with van der Waals surface area (Å²) in [5, 5.41) is 0. The number of allylic oxidation sites excluding steroid dienone is 2. The average molecular weight is 338 g/mol. The molecule has 0 saturated carbocycles. The molecule has 2 heterocycles. The highest BCUT2D eigenvalue weighted by Crippen LogP contribution is 2.49. The van der Waals surface area contributed by atoms with Gasteiger partial charge in [0.15, 0.2) is 5.76 Å². The highest BCUT2D eigenvalue weighted by Gasteiger charge is 2.39. The summed E-state index contributed by atoms with van der Waals surface area (Å²) >= 11 is 0. The minimum absolute atomic E-state index is 0.00785. The maximum atomic E-state index is 14.4. The van der Waals surface area contributed by atoms with E-state index >= 15 is 0 Å². The molecule has 126 valence electrons. The van der Waals surface area contributed by atoms with Crippen molar-refractivity contribution in [1.82, 2.24) is 0 Å². The summed E-state index contributed by atoms with van der Waals surface area (Å²) in [6.07, 6.45) is -0.00785. The third kappa shape index (κ3) is 2.35. The monoisotopic (exact) mass is 338 g/mol. The molecule has 2 aromatic rings. The molecule has 0 spiro atoms. The zero-order valence-corrected chi connectivity index (χ0v) is 13.8. The number of Topliss-reactive ketones (excluding diaryl/α,β-unsaturated/α-hetero) is 1. The molecule has 5 heteroatoms. The van der Waals surface area contributed by atoms with E-state index in [1.807, 2.05) is 0 Å². The van der Waals surface area contributed by atoms with Gasteiger partial charge in [0.2, 0.25) is 5.78 Å². The summed E-state index contributed by atoms with van der Waals surface area (Å²) in [5.74, 6) is -0.665. The maximum Gasteiger partial charge on any atom is 0.312 e. The van der Waals surface area contributed by atoms with Crippen molar-refractivity contribution in [2.24, 2.45) is 0 Å². The van der Waals surface area contributed by atoms with Gasteiger partial charge < -0.3 is 9.47 Å². The van der Waals surface area contributed by atoms with Crippen LogP contribution in [0.4, 0.5) is 4.39 Å². The quantitative estimate of drug-likeness (QED) is 0.446. The Morgan fingerprint density at radius 3 is 2.56 bits per heavy atom. The van der Waals surface area contributed by atoms with Crippen LogP contribution in [0.2, 0.25) is 0 Å². The number of esters is 1. The summed E-state index contributed by atoms with van der Waals surface area (Å²) in [7, 11) is 0. The van der Waals surface area contributed by atoms with Gasteiger partial charge in [-0.3, -0.25) is 9.59 Å². The first-order valence-electron chi connectivity index (χ1n) is 7.99. The summed E-state index contributed by atoms with van der Waals surface area (Å²) in [6.45, 7) is 3.58. The lowest BCUT2D eigenvalue weighted by Crippen LogP contribution is -2.22. The molecular weight excluding hydrogens is 323 g/mol. The van der Waals surface area contributed by atoms with Crippen LogP contribution in [0.1, 0.15) is 47.7 Å². The predicted molar refractivity (Wildman–Crippen MR) is 88.3 cm³/mol. The second-order valence-corrected chi connectivity index (χ2v) is 6.37. The number of halogens is 1. The number of ketones is 1. The van der Waals surface area contributed by atoms with Crippen molar-refractivity contribution in [1.29, 1.82) is 0 Å². The van der Waals surface area contributed by atoms with Crippen LogP contribution in [0.15, 0.2) is 47.7 Å². The topological polar surface area (TPSA) is 52.6 Å². The van der Waals surface area contributed by atoms with Crippen molar-refractivity contribution in [3.63, 3.8) is 0 Å². The van der Waals surface area contributed by atoms with E-state index in [0.29, 0.717) is 28.2 Å². The predicted octanol–water partition coefficient (Wildman–Crippen LogP) is 4.14. The minimum atomic E-state index is -0.559. The number of rotatable bonds is 1. The number of fused-ring (bicyclic) bond motifs is 3. The number of carbonyl (C=O) groups excluding carboxylic acids is 2. The van der Waals surface area contributed by atoms with E-state index in [4.69, 9.17) is 9.47 Å². The highest BCUT2D eigenvalue weighted by molar-refractivity contribution is 6.13. The van der Waals surface area contributed by atoms with Gasteiger partial charge in [-0.25, -0.2) is 4.39 Å². The van der Waals surface area contributed by atoms with Crippen LogP contribution in [0, 0.1) is 5.82 Å². The van der Waals surface area contributed by atoms with Gasteiger partial charge in [-0.15, -0.1) is 0 Å². The summed E-state index contributed by atoms with van der Waals surface area (Å²) in [4.78, 5) is 24.5.